The number of unbranched alkanes of at least 4 members (excludes halogenated alkanes) is 1. The number of rotatable bonds is 44. The molecule has 0 saturated heterocycles. The van der Waals surface area contributed by atoms with Crippen molar-refractivity contribution < 1.29 is 96.4 Å². The van der Waals surface area contributed by atoms with E-state index in [1.165, 1.54) is 18.2 Å². The van der Waals surface area contributed by atoms with Gasteiger partial charge in [-0.1, -0.05) is 13.3 Å². The van der Waals surface area contributed by atoms with Crippen molar-refractivity contribution in [2.24, 2.45) is 0 Å². The Morgan fingerprint density at radius 2 is 0.833 bits per heavy atom. The van der Waals surface area contributed by atoms with Crippen LogP contribution in [0.25, 0.3) is 11.1 Å². The van der Waals surface area contributed by atoms with Crippen molar-refractivity contribution >= 4 is 59.3 Å². The van der Waals surface area contributed by atoms with Gasteiger partial charge in [0.1, 0.15) is 17.2 Å². The number of nitrogens with one attached hydrogen (secondary N) is 6. The molecule has 78 heavy (non-hydrogen) atoms. The summed E-state index contributed by atoms with van der Waals surface area (Å²) in [5.41, 5.74) is -0.0941. The topological polar surface area (TPSA) is 368 Å². The molecule has 0 spiro atoms. The molecule has 2 aromatic carbocycles. The average molecular weight is 1110 g/mol. The molecule has 0 heterocycles. The lowest BCUT2D eigenvalue weighted by Crippen LogP contribution is -2.42. The lowest BCUT2D eigenvalue weighted by atomic mass is 10.0. The van der Waals surface area contributed by atoms with Gasteiger partial charge in [-0.15, -0.1) is 0 Å². The molecule has 6 amide bonds. The first-order valence-electron chi connectivity index (χ1n) is 25.7. The molecule has 0 aliphatic carbocycles. The van der Waals surface area contributed by atoms with Crippen molar-refractivity contribution in [3.63, 3.8) is 0 Å². The summed E-state index contributed by atoms with van der Waals surface area (Å²) in [6.45, 7) is 5.24. The van der Waals surface area contributed by atoms with E-state index in [2.05, 4.69) is 31.9 Å². The molecule has 0 fully saturated rings. The third kappa shape index (κ3) is 33.5. The van der Waals surface area contributed by atoms with Crippen LogP contribution in [-0.4, -0.2) is 179 Å². The summed E-state index contributed by atoms with van der Waals surface area (Å²) in [6, 6.07) is 9.01. The summed E-state index contributed by atoms with van der Waals surface area (Å²) >= 11 is 0. The van der Waals surface area contributed by atoms with Crippen LogP contribution >= 0.6 is 0 Å². The van der Waals surface area contributed by atoms with Gasteiger partial charge in [0.15, 0.2) is 19.8 Å². The molecular weight excluding hydrogens is 1030 g/mol. The van der Waals surface area contributed by atoms with Gasteiger partial charge in [0.25, 0.3) is 17.7 Å². The highest BCUT2D eigenvalue weighted by Gasteiger charge is 2.21. The Hall–Kier alpha value is -7.58. The summed E-state index contributed by atoms with van der Waals surface area (Å²) in [7, 11) is 0. The molecule has 2 rings (SSSR count). The first-order valence-corrected chi connectivity index (χ1v) is 25.7. The third-order valence-corrected chi connectivity index (χ3v) is 10.5. The smallest absolute Gasteiger partial charge is 0.338 e. The lowest BCUT2D eigenvalue weighted by Gasteiger charge is -2.25. The molecule has 0 aromatic heterocycles. The number of hydrogen-bond donors (Lipinski definition) is 9. The van der Waals surface area contributed by atoms with Gasteiger partial charge in [-0.25, -0.2) is 4.79 Å². The van der Waals surface area contributed by atoms with E-state index >= 15 is 0 Å². The zero-order valence-electron chi connectivity index (χ0n) is 44.6. The van der Waals surface area contributed by atoms with Gasteiger partial charge in [-0.05, 0) is 81.0 Å². The molecule has 0 radical (unpaired) electrons. The number of carbonyl (C=O) groups excluding carboxylic acids is 7. The largest absolute Gasteiger partial charge is 0.484 e. The quantitative estimate of drug-likeness (QED) is 0.0337. The average Bonchev–Trinajstić information content (AvgIpc) is 3.39. The molecule has 0 bridgehead atoms. The van der Waals surface area contributed by atoms with Crippen LogP contribution in [-0.2, 0) is 62.1 Å². The highest BCUT2D eigenvalue weighted by atomic mass is 16.5. The maximum Gasteiger partial charge on any atom is 0.338 e. The Morgan fingerprint density at radius 1 is 0.436 bits per heavy atom. The number of carboxylic acid groups (broad SMARTS) is 3. The minimum atomic E-state index is -0.957. The molecule has 434 valence electrons. The summed E-state index contributed by atoms with van der Waals surface area (Å²) in [4.78, 5) is 120. The van der Waals surface area contributed by atoms with Crippen LogP contribution in [0.4, 0.5) is 0 Å². The van der Waals surface area contributed by atoms with Crippen molar-refractivity contribution in [3.8, 4) is 28.4 Å². The van der Waals surface area contributed by atoms with E-state index in [-0.39, 0.29) is 158 Å². The van der Waals surface area contributed by atoms with Gasteiger partial charge < -0.3 is 80.4 Å². The normalized spacial score (nSPS) is 10.9. The van der Waals surface area contributed by atoms with Crippen LogP contribution in [0.3, 0.4) is 0 Å². The molecule has 0 aliphatic heterocycles. The van der Waals surface area contributed by atoms with Gasteiger partial charge in [-0.3, -0.25) is 43.2 Å². The Morgan fingerprint density at radius 3 is 1.27 bits per heavy atom. The lowest BCUT2D eigenvalue weighted by molar-refractivity contribution is -0.138. The van der Waals surface area contributed by atoms with Crippen LogP contribution < -0.4 is 46.1 Å². The maximum absolute atomic E-state index is 13.4. The number of ether oxygens (including phenoxy) is 7. The fourth-order valence-corrected chi connectivity index (χ4v) is 6.37. The van der Waals surface area contributed by atoms with Gasteiger partial charge in [0, 0.05) is 83.9 Å². The monoisotopic (exact) mass is 1100 g/mol. The Kier molecular flexibility index (Phi) is 33.2. The number of esters is 1. The molecule has 0 saturated carbocycles. The molecule has 0 aliphatic rings. The van der Waals surface area contributed by atoms with Crippen LogP contribution in [0.1, 0.15) is 102 Å². The predicted octanol–water partition coefficient (Wildman–Crippen LogP) is 1.74. The van der Waals surface area contributed by atoms with E-state index in [1.807, 2.05) is 6.92 Å². The number of aliphatic carboxylic acids is 3. The molecule has 0 atom stereocenters. The summed E-state index contributed by atoms with van der Waals surface area (Å²) in [6.07, 6.45) is 2.15. The van der Waals surface area contributed by atoms with Crippen molar-refractivity contribution in [1.82, 2.24) is 31.9 Å². The van der Waals surface area contributed by atoms with E-state index in [0.29, 0.717) is 36.8 Å². The van der Waals surface area contributed by atoms with E-state index in [0.717, 1.165) is 6.42 Å². The SMILES string of the molecule is CCCCOC(=O)c1cc(OCC(=O)NCC(C)(C)OCCC(=O)NCCCC(=O)O)cc(-c2cc(OCC(=O)NCCOCCC(=O)NCCCC(=O)O)cc(OCC(=O)NCCOCCC(=O)NCCCC(=O)O)c2)c1. The highest BCUT2D eigenvalue weighted by Crippen LogP contribution is 2.33. The van der Waals surface area contributed by atoms with Gasteiger partial charge in [0.05, 0.1) is 50.8 Å². The van der Waals surface area contributed by atoms with Crippen molar-refractivity contribution in [2.45, 2.75) is 97.0 Å². The molecule has 0 unspecified atom stereocenters. The van der Waals surface area contributed by atoms with Gasteiger partial charge in [-0.2, -0.15) is 0 Å². The number of amides is 6. The van der Waals surface area contributed by atoms with Crippen molar-refractivity contribution in [2.75, 3.05) is 98.7 Å². The van der Waals surface area contributed by atoms with Crippen molar-refractivity contribution in [3.05, 3.63) is 42.0 Å². The Bertz CT molecular complexity index is 2180. The summed E-state index contributed by atoms with van der Waals surface area (Å²) in [5, 5.41) is 42.0. The number of carbonyl (C=O) groups is 10. The Labute approximate surface area is 452 Å². The Balaban J connectivity index is 2.18. The highest BCUT2D eigenvalue weighted by molar-refractivity contribution is 5.92. The molecule has 26 heteroatoms. The minimum Gasteiger partial charge on any atom is -0.484 e. The van der Waals surface area contributed by atoms with E-state index in [9.17, 15) is 47.9 Å². The fourth-order valence-electron chi connectivity index (χ4n) is 6.37. The molecule has 9 N–H and O–H groups in total. The maximum atomic E-state index is 13.4. The van der Waals surface area contributed by atoms with E-state index in [1.54, 1.807) is 32.0 Å². The second-order valence-electron chi connectivity index (χ2n) is 17.9. The second-order valence-corrected chi connectivity index (χ2v) is 17.9. The molecule has 2 aromatic rings. The molecule has 26 nitrogen and oxygen atoms in total. The number of carboxylic acids is 3. The zero-order chi connectivity index (χ0) is 57.6. The van der Waals surface area contributed by atoms with E-state index < -0.39 is 67.0 Å². The standard InChI is InChI=1S/C52H76N6O20/c1-4-5-20-74-51(71)38-26-36(27-39(30-38)75-34-47(64)58-35-52(2,3)78-23-14-44(61)55-17-8-11-50(69)70)37-28-40(76-32-45(62)56-18-24-72-21-12-42(59)53-15-6-9-48(65)66)31-41(29-37)77-33-46(63)57-19-25-73-22-13-43(60)54-16-7-10-49(67)68/h26-31H,4-25,32-35H2,1-3H3,(H,53,59)(H,54,60)(H,55,61)(H,56,62)(H,57,63)(H,58,64)(H,65,66)(H,67,68)(H,69,70). The first-order chi connectivity index (χ1) is 37.2. The van der Waals surface area contributed by atoms with Crippen molar-refractivity contribution in [1.29, 1.82) is 0 Å². The zero-order valence-corrected chi connectivity index (χ0v) is 44.6. The minimum absolute atomic E-state index is 0.0207. The first kappa shape index (κ1) is 66.5. The van der Waals surface area contributed by atoms with E-state index in [4.69, 9.17) is 48.5 Å². The number of benzene rings is 2. The number of hydrogen-bond acceptors (Lipinski definition) is 17. The predicted molar refractivity (Wildman–Crippen MR) is 278 cm³/mol. The second kappa shape index (κ2) is 38.9. The van der Waals surface area contributed by atoms with Gasteiger partial charge >= 0.3 is 23.9 Å². The fraction of sp³-hybridized carbons (Fsp3) is 0.577. The summed E-state index contributed by atoms with van der Waals surface area (Å²) < 4.78 is 39.8. The van der Waals surface area contributed by atoms with Crippen LogP contribution in [0.2, 0.25) is 0 Å². The third-order valence-electron chi connectivity index (χ3n) is 10.5. The van der Waals surface area contributed by atoms with Crippen LogP contribution in [0, 0.1) is 0 Å². The summed E-state index contributed by atoms with van der Waals surface area (Å²) in [5.74, 6) is -5.75. The van der Waals surface area contributed by atoms with Crippen LogP contribution in [0.15, 0.2) is 36.4 Å². The molecular formula is C52H76N6O20. The van der Waals surface area contributed by atoms with Gasteiger partial charge in [0.2, 0.25) is 17.7 Å². The van der Waals surface area contributed by atoms with Crippen LogP contribution in [0.5, 0.6) is 17.2 Å².